The summed E-state index contributed by atoms with van der Waals surface area (Å²) >= 11 is 0. The van der Waals surface area contributed by atoms with Crippen LogP contribution in [0.5, 0.6) is 11.5 Å². The minimum absolute atomic E-state index is 0.354. The number of unbranched alkanes of at least 4 members (excludes halogenated alkanes) is 13. The van der Waals surface area contributed by atoms with Crippen LogP contribution in [0.1, 0.15) is 109 Å². The summed E-state index contributed by atoms with van der Waals surface area (Å²) in [5.41, 5.74) is 0.952. The van der Waals surface area contributed by atoms with E-state index in [4.69, 9.17) is 9.47 Å². The Hall–Kier alpha value is -1.84. The molecule has 170 valence electrons. The Bertz CT molecular complexity index is 598. The molecule has 0 saturated carbocycles. The molecule has 0 fully saturated rings. The molecule has 0 atom stereocenters. The average molecular weight is 418 g/mol. The first-order valence-electron chi connectivity index (χ1n) is 12.0. The van der Waals surface area contributed by atoms with E-state index in [1.54, 1.807) is 13.2 Å². The van der Waals surface area contributed by atoms with Gasteiger partial charge in [0.1, 0.15) is 0 Å². The minimum atomic E-state index is -0.354. The number of methoxy groups -OCH3 is 1. The number of esters is 1. The van der Waals surface area contributed by atoms with E-state index >= 15 is 0 Å². The van der Waals surface area contributed by atoms with Gasteiger partial charge in [0.05, 0.1) is 7.11 Å². The van der Waals surface area contributed by atoms with Crippen molar-refractivity contribution in [1.82, 2.24) is 0 Å². The molecular weight excluding hydrogens is 374 g/mol. The summed E-state index contributed by atoms with van der Waals surface area (Å²) in [6.45, 7) is 4.51. The molecule has 0 amide bonds. The fourth-order valence-electron chi connectivity index (χ4n) is 3.57. The molecule has 4 heteroatoms. The maximum Gasteiger partial charge on any atom is 0.308 e. The second-order valence-corrected chi connectivity index (χ2v) is 8.14. The molecular formula is C26H43NO3. The molecule has 1 aromatic carbocycles. The van der Waals surface area contributed by atoms with Crippen LogP contribution in [0.4, 0.5) is 0 Å². The smallest absolute Gasteiger partial charge is 0.308 e. The van der Waals surface area contributed by atoms with Gasteiger partial charge in [0.15, 0.2) is 11.5 Å². The van der Waals surface area contributed by atoms with Crippen LogP contribution in [0.2, 0.25) is 0 Å². The van der Waals surface area contributed by atoms with Crippen LogP contribution in [0, 0.1) is 0 Å². The number of hydrogen-bond donors (Lipinski definition) is 0. The van der Waals surface area contributed by atoms with Crippen molar-refractivity contribution < 1.29 is 14.3 Å². The fraction of sp³-hybridized carbons (Fsp3) is 0.692. The number of rotatable bonds is 18. The number of nitrogens with zero attached hydrogens (tertiary/aromatic N) is 1. The molecule has 0 saturated heterocycles. The average Bonchev–Trinajstić information content (AvgIpc) is 2.74. The molecule has 0 aliphatic rings. The Kier molecular flexibility index (Phi) is 15.7. The molecule has 4 nitrogen and oxygen atoms in total. The van der Waals surface area contributed by atoms with E-state index in [0.29, 0.717) is 11.5 Å². The lowest BCUT2D eigenvalue weighted by atomic mass is 10.0. The summed E-state index contributed by atoms with van der Waals surface area (Å²) in [5, 5.41) is 0. The van der Waals surface area contributed by atoms with Gasteiger partial charge in [0.2, 0.25) is 0 Å². The molecule has 0 aromatic heterocycles. The summed E-state index contributed by atoms with van der Waals surface area (Å²) < 4.78 is 10.4. The van der Waals surface area contributed by atoms with Gasteiger partial charge in [-0.05, 0) is 30.2 Å². The largest absolute Gasteiger partial charge is 0.493 e. The second-order valence-electron chi connectivity index (χ2n) is 8.14. The van der Waals surface area contributed by atoms with Crippen molar-refractivity contribution in [3.8, 4) is 11.5 Å². The van der Waals surface area contributed by atoms with Crippen molar-refractivity contribution in [2.45, 2.75) is 104 Å². The predicted octanol–water partition coefficient (Wildman–Crippen LogP) is 7.52. The molecule has 1 aromatic rings. The maximum absolute atomic E-state index is 11.1. The number of carbonyl (C=O) groups excluding carboxylic acids is 1. The predicted molar refractivity (Wildman–Crippen MR) is 127 cm³/mol. The summed E-state index contributed by atoms with van der Waals surface area (Å²) in [6.07, 6.45) is 21.0. The standard InChI is InChI=1S/C26H43NO3/c1-4-5-6-7-8-9-10-11-12-13-14-15-16-17-20-27-22-24-18-19-25(30-23(2)28)26(21-24)29-3/h18-19,21-22H,4-17,20H2,1-3H3. The van der Waals surface area contributed by atoms with Crippen LogP contribution in [0.3, 0.4) is 0 Å². The van der Waals surface area contributed by atoms with Gasteiger partial charge in [0.25, 0.3) is 0 Å². The lowest BCUT2D eigenvalue weighted by Gasteiger charge is -2.08. The lowest BCUT2D eigenvalue weighted by Crippen LogP contribution is -2.03. The van der Waals surface area contributed by atoms with Gasteiger partial charge >= 0.3 is 5.97 Å². The van der Waals surface area contributed by atoms with Crippen LogP contribution in [0.25, 0.3) is 0 Å². The van der Waals surface area contributed by atoms with Crippen LogP contribution in [0.15, 0.2) is 23.2 Å². The van der Waals surface area contributed by atoms with Gasteiger partial charge in [-0.15, -0.1) is 0 Å². The van der Waals surface area contributed by atoms with Gasteiger partial charge in [-0.1, -0.05) is 90.4 Å². The first-order chi connectivity index (χ1) is 14.7. The highest BCUT2D eigenvalue weighted by Gasteiger charge is 2.07. The van der Waals surface area contributed by atoms with Crippen molar-refractivity contribution in [2.24, 2.45) is 4.99 Å². The second kappa shape index (κ2) is 18.0. The van der Waals surface area contributed by atoms with Crippen molar-refractivity contribution in [2.75, 3.05) is 13.7 Å². The molecule has 30 heavy (non-hydrogen) atoms. The summed E-state index contributed by atoms with van der Waals surface area (Å²) in [7, 11) is 1.57. The molecule has 0 spiro atoms. The highest BCUT2D eigenvalue weighted by atomic mass is 16.6. The third kappa shape index (κ3) is 13.4. The van der Waals surface area contributed by atoms with Crippen LogP contribution in [-0.2, 0) is 4.79 Å². The van der Waals surface area contributed by atoms with E-state index in [1.807, 2.05) is 18.3 Å². The van der Waals surface area contributed by atoms with E-state index in [1.165, 1.54) is 90.4 Å². The first kappa shape index (κ1) is 26.2. The first-order valence-corrected chi connectivity index (χ1v) is 12.0. The number of ether oxygens (including phenoxy) is 2. The Morgan fingerprint density at radius 2 is 1.37 bits per heavy atom. The van der Waals surface area contributed by atoms with Gasteiger partial charge in [-0.3, -0.25) is 9.79 Å². The normalized spacial score (nSPS) is 11.2. The zero-order valence-electron chi connectivity index (χ0n) is 19.6. The summed E-state index contributed by atoms with van der Waals surface area (Å²) in [4.78, 5) is 15.6. The Morgan fingerprint density at radius 1 is 0.833 bits per heavy atom. The topological polar surface area (TPSA) is 47.9 Å². The lowest BCUT2D eigenvalue weighted by molar-refractivity contribution is -0.132. The molecule has 0 aliphatic heterocycles. The fourth-order valence-corrected chi connectivity index (χ4v) is 3.57. The SMILES string of the molecule is CCCCCCCCCCCCCCCCN=Cc1ccc(OC(C)=O)c(OC)c1. The molecule has 0 radical (unpaired) electrons. The van der Waals surface area contributed by atoms with Gasteiger partial charge in [-0.2, -0.15) is 0 Å². The Balaban J connectivity index is 2.01. The molecule has 0 N–H and O–H groups in total. The van der Waals surface area contributed by atoms with E-state index in [0.717, 1.165) is 18.5 Å². The van der Waals surface area contributed by atoms with Crippen molar-refractivity contribution in [3.05, 3.63) is 23.8 Å². The number of aliphatic imine (C=N–C) groups is 1. The third-order valence-corrected chi connectivity index (χ3v) is 5.32. The zero-order valence-corrected chi connectivity index (χ0v) is 19.6. The monoisotopic (exact) mass is 417 g/mol. The molecule has 0 heterocycles. The molecule has 1 rings (SSSR count). The Labute approximate surface area is 184 Å². The third-order valence-electron chi connectivity index (χ3n) is 5.32. The van der Waals surface area contributed by atoms with E-state index in [9.17, 15) is 4.79 Å². The molecule has 0 bridgehead atoms. The van der Waals surface area contributed by atoms with Gasteiger partial charge < -0.3 is 9.47 Å². The highest BCUT2D eigenvalue weighted by Crippen LogP contribution is 2.27. The van der Waals surface area contributed by atoms with Crippen molar-refractivity contribution >= 4 is 12.2 Å². The quantitative estimate of drug-likeness (QED) is 0.107. The summed E-state index contributed by atoms with van der Waals surface area (Å²) in [6, 6.07) is 5.47. The van der Waals surface area contributed by atoms with Crippen molar-refractivity contribution in [1.29, 1.82) is 0 Å². The Morgan fingerprint density at radius 3 is 1.87 bits per heavy atom. The number of benzene rings is 1. The maximum atomic E-state index is 11.1. The van der Waals surface area contributed by atoms with Crippen molar-refractivity contribution in [3.63, 3.8) is 0 Å². The zero-order chi connectivity index (χ0) is 21.9. The number of carbonyl (C=O) groups is 1. The van der Waals surface area contributed by atoms with E-state index < -0.39 is 0 Å². The number of hydrogen-bond acceptors (Lipinski definition) is 4. The van der Waals surface area contributed by atoms with Gasteiger partial charge in [-0.25, -0.2) is 0 Å². The van der Waals surface area contributed by atoms with E-state index in [2.05, 4.69) is 11.9 Å². The molecule has 0 unspecified atom stereocenters. The highest BCUT2D eigenvalue weighted by molar-refractivity contribution is 5.81. The van der Waals surface area contributed by atoms with Gasteiger partial charge in [0, 0.05) is 19.7 Å². The minimum Gasteiger partial charge on any atom is -0.493 e. The van der Waals surface area contributed by atoms with E-state index in [-0.39, 0.29) is 5.97 Å². The summed E-state index contributed by atoms with van der Waals surface area (Å²) in [5.74, 6) is 0.632. The van der Waals surface area contributed by atoms with Crippen LogP contribution < -0.4 is 9.47 Å². The van der Waals surface area contributed by atoms with Crippen LogP contribution in [-0.4, -0.2) is 25.8 Å². The van der Waals surface area contributed by atoms with Crippen LogP contribution >= 0.6 is 0 Å². The molecule has 0 aliphatic carbocycles.